The van der Waals surface area contributed by atoms with Gasteiger partial charge in [-0.1, -0.05) is 194 Å². The molecular weight excluding hydrogens is 803 g/mol. The number of nitrogens with two attached hydrogens (primary N) is 1. The highest BCUT2D eigenvalue weighted by Crippen LogP contribution is 2.35. The molecule has 5 heteroatoms. The Morgan fingerprint density at radius 1 is 0.394 bits per heavy atom. The Hall–Kier alpha value is -9.16. The average molecular weight is 844 g/mol. The fourth-order valence-corrected chi connectivity index (χ4v) is 8.59. The molecule has 5 nitrogen and oxygen atoms in total. The first-order valence-electron chi connectivity index (χ1n) is 21.8. The Morgan fingerprint density at radius 3 is 1.64 bits per heavy atom. The average Bonchev–Trinajstić information content (AvgIpc) is 3.39. The maximum Gasteiger partial charge on any atom is 0.157 e. The molecule has 0 unspecified atom stereocenters. The summed E-state index contributed by atoms with van der Waals surface area (Å²) in [4.78, 5) is 9.76. The van der Waals surface area contributed by atoms with Crippen molar-refractivity contribution in [1.29, 1.82) is 10.5 Å². The number of benzene rings is 10. The molecular formula is C61H41N5. The molecule has 0 atom stereocenters. The topological polar surface area (TPSA) is 98.3 Å². The van der Waals surface area contributed by atoms with Gasteiger partial charge in [0.1, 0.15) is 5.84 Å². The molecule has 0 aliphatic rings. The van der Waals surface area contributed by atoms with Crippen molar-refractivity contribution in [3.63, 3.8) is 0 Å². The zero-order valence-corrected chi connectivity index (χ0v) is 35.9. The van der Waals surface area contributed by atoms with E-state index in [4.69, 9.17) is 15.7 Å². The molecule has 10 rings (SSSR count). The number of rotatable bonds is 9. The number of fused-ring (bicyclic) bond motifs is 3. The molecule has 0 aliphatic heterocycles. The predicted octanol–water partition coefficient (Wildman–Crippen LogP) is 14.4. The van der Waals surface area contributed by atoms with E-state index >= 15 is 0 Å². The van der Waals surface area contributed by atoms with E-state index in [-0.39, 0.29) is 0 Å². The van der Waals surface area contributed by atoms with Gasteiger partial charge >= 0.3 is 0 Å². The summed E-state index contributed by atoms with van der Waals surface area (Å²) in [5, 5.41) is 25.5. The molecule has 0 saturated heterocycles. The van der Waals surface area contributed by atoms with Crippen molar-refractivity contribution < 1.29 is 0 Å². The van der Waals surface area contributed by atoms with Gasteiger partial charge in [0.05, 0.1) is 29.8 Å². The van der Waals surface area contributed by atoms with Gasteiger partial charge in [0.25, 0.3) is 0 Å². The Labute approximate surface area is 384 Å². The second-order valence-electron chi connectivity index (χ2n) is 16.2. The second kappa shape index (κ2) is 18.3. The predicted molar refractivity (Wildman–Crippen MR) is 272 cm³/mol. The van der Waals surface area contributed by atoms with Crippen LogP contribution in [0.5, 0.6) is 0 Å². The van der Waals surface area contributed by atoms with Gasteiger partial charge in [-0.05, 0) is 113 Å². The third-order valence-electron chi connectivity index (χ3n) is 12.1. The van der Waals surface area contributed by atoms with E-state index in [0.717, 1.165) is 66.8 Å². The molecule has 0 spiro atoms. The second-order valence-corrected chi connectivity index (χ2v) is 16.2. The van der Waals surface area contributed by atoms with Crippen LogP contribution >= 0.6 is 0 Å². The molecule has 10 aromatic rings. The molecule has 0 aromatic heterocycles. The standard InChI is InChI=1S/C61H41N5/c62-38-54-35-50(29-31-57(54)52-19-10-18-49(34-52)51-28-25-45-24-23-44-15-7-8-20-58(44)59(45)37-51)48-17-9-16-47(33-48)42-21-26-46(27-22-42)60(64)66-61(65-40-41-11-3-1-4-12-41)53-30-32-56(55(36-53)39-63)43-13-5-2-6-14-43/h1-37H,40H2,(H2,64,65,66). The summed E-state index contributed by atoms with van der Waals surface area (Å²) in [6, 6.07) is 80.8. The number of hydrogen-bond acceptors (Lipinski definition) is 3. The van der Waals surface area contributed by atoms with Gasteiger partial charge in [0.2, 0.25) is 0 Å². The molecule has 0 aliphatic carbocycles. The molecule has 0 bridgehead atoms. The van der Waals surface area contributed by atoms with Crippen molar-refractivity contribution in [3.05, 3.63) is 252 Å². The number of hydrogen-bond donors (Lipinski definition) is 1. The van der Waals surface area contributed by atoms with E-state index < -0.39 is 0 Å². The lowest BCUT2D eigenvalue weighted by atomic mass is 9.92. The summed E-state index contributed by atoms with van der Waals surface area (Å²) in [5.74, 6) is 0.756. The van der Waals surface area contributed by atoms with Gasteiger partial charge in [-0.25, -0.2) is 4.99 Å². The van der Waals surface area contributed by atoms with E-state index in [1.165, 1.54) is 21.5 Å². The molecule has 310 valence electrons. The van der Waals surface area contributed by atoms with Crippen LogP contribution in [-0.4, -0.2) is 11.7 Å². The lowest BCUT2D eigenvalue weighted by molar-refractivity contribution is 1.06. The quantitative estimate of drug-likeness (QED) is 0.0890. The zero-order valence-electron chi connectivity index (χ0n) is 35.9. The third-order valence-corrected chi connectivity index (χ3v) is 12.1. The number of aliphatic imine (C=N–C) groups is 2. The van der Waals surface area contributed by atoms with Crippen LogP contribution in [0.2, 0.25) is 0 Å². The van der Waals surface area contributed by atoms with Crippen LogP contribution in [-0.2, 0) is 6.54 Å². The maximum atomic E-state index is 10.4. The number of nitrogens with zero attached hydrogens (tertiary/aromatic N) is 4. The Bertz CT molecular complexity index is 3580. The molecule has 0 heterocycles. The first-order valence-corrected chi connectivity index (χ1v) is 21.8. The summed E-state index contributed by atoms with van der Waals surface area (Å²) < 4.78 is 0. The smallest absolute Gasteiger partial charge is 0.157 e. The van der Waals surface area contributed by atoms with Crippen molar-refractivity contribution in [2.75, 3.05) is 0 Å². The number of amidine groups is 2. The summed E-state index contributed by atoms with van der Waals surface area (Å²) in [6.07, 6.45) is 0. The minimum atomic E-state index is 0.313. The SMILES string of the molecule is N#Cc1cc(C(N=C(N)c2ccc(-c3cccc(-c4ccc(-c5cccc(-c6ccc7ccc8ccccc8c7c6)c5)c(C#N)c4)c3)cc2)=NCc2ccccc2)ccc1-c1ccccc1. The van der Waals surface area contributed by atoms with Gasteiger partial charge < -0.3 is 5.73 Å². The highest BCUT2D eigenvalue weighted by atomic mass is 15.0. The van der Waals surface area contributed by atoms with E-state index in [1.807, 2.05) is 115 Å². The Morgan fingerprint density at radius 2 is 0.894 bits per heavy atom. The zero-order chi connectivity index (χ0) is 44.8. The van der Waals surface area contributed by atoms with E-state index in [0.29, 0.717) is 34.9 Å². The molecule has 0 amide bonds. The van der Waals surface area contributed by atoms with Crippen LogP contribution in [0.3, 0.4) is 0 Å². The van der Waals surface area contributed by atoms with Crippen molar-refractivity contribution in [2.45, 2.75) is 6.54 Å². The van der Waals surface area contributed by atoms with Crippen LogP contribution in [0.15, 0.2) is 234 Å². The van der Waals surface area contributed by atoms with Crippen LogP contribution in [0.25, 0.3) is 77.2 Å². The molecule has 2 N–H and O–H groups in total. The first-order chi connectivity index (χ1) is 32.5. The molecule has 0 saturated carbocycles. The van der Waals surface area contributed by atoms with Gasteiger partial charge in [-0.2, -0.15) is 10.5 Å². The fraction of sp³-hybridized carbons (Fsp3) is 0.0164. The van der Waals surface area contributed by atoms with Crippen LogP contribution in [0.4, 0.5) is 0 Å². The van der Waals surface area contributed by atoms with Gasteiger partial charge in [0, 0.05) is 11.1 Å². The monoisotopic (exact) mass is 843 g/mol. The van der Waals surface area contributed by atoms with Crippen molar-refractivity contribution in [1.82, 2.24) is 0 Å². The van der Waals surface area contributed by atoms with Crippen LogP contribution in [0, 0.1) is 22.7 Å². The van der Waals surface area contributed by atoms with Crippen molar-refractivity contribution >= 4 is 33.2 Å². The largest absolute Gasteiger partial charge is 0.383 e. The van der Waals surface area contributed by atoms with Crippen LogP contribution < -0.4 is 5.73 Å². The Balaban J connectivity index is 0.909. The fourth-order valence-electron chi connectivity index (χ4n) is 8.59. The van der Waals surface area contributed by atoms with Crippen LogP contribution in [0.1, 0.15) is 27.8 Å². The maximum absolute atomic E-state index is 10.4. The normalized spacial score (nSPS) is 11.6. The summed E-state index contributed by atoms with van der Waals surface area (Å²) in [7, 11) is 0. The summed E-state index contributed by atoms with van der Waals surface area (Å²) in [5.41, 5.74) is 20.3. The minimum Gasteiger partial charge on any atom is -0.383 e. The highest BCUT2D eigenvalue weighted by Gasteiger charge is 2.14. The summed E-state index contributed by atoms with van der Waals surface area (Å²) >= 11 is 0. The molecule has 10 aromatic carbocycles. The lowest BCUT2D eigenvalue weighted by Crippen LogP contribution is -2.16. The molecule has 66 heavy (non-hydrogen) atoms. The van der Waals surface area contributed by atoms with Crippen molar-refractivity contribution in [2.24, 2.45) is 15.7 Å². The first kappa shape index (κ1) is 40.9. The number of nitriles is 2. The van der Waals surface area contributed by atoms with E-state index in [2.05, 4.69) is 121 Å². The van der Waals surface area contributed by atoms with Gasteiger partial charge in [0.15, 0.2) is 5.84 Å². The Kier molecular flexibility index (Phi) is 11.3. The minimum absolute atomic E-state index is 0.313. The van der Waals surface area contributed by atoms with Gasteiger partial charge in [-0.3, -0.25) is 4.99 Å². The van der Waals surface area contributed by atoms with E-state index in [9.17, 15) is 10.5 Å². The third kappa shape index (κ3) is 8.49. The van der Waals surface area contributed by atoms with Crippen molar-refractivity contribution in [3.8, 4) is 67.8 Å². The summed E-state index contributed by atoms with van der Waals surface area (Å²) in [6.45, 7) is 0.403. The van der Waals surface area contributed by atoms with Gasteiger partial charge in [-0.15, -0.1) is 0 Å². The lowest BCUT2D eigenvalue weighted by Gasteiger charge is -2.12. The molecule has 0 fully saturated rings. The molecule has 0 radical (unpaired) electrons. The highest BCUT2D eigenvalue weighted by molar-refractivity contribution is 6.11. The van der Waals surface area contributed by atoms with E-state index in [1.54, 1.807) is 0 Å².